The second-order valence-electron chi connectivity index (χ2n) is 6.07. The third-order valence-electron chi connectivity index (χ3n) is 4.00. The first kappa shape index (κ1) is 19.4. The van der Waals surface area contributed by atoms with Crippen molar-refractivity contribution in [3.05, 3.63) is 78.5 Å². The van der Waals surface area contributed by atoms with Crippen LogP contribution < -0.4 is 9.61 Å². The number of nitro groups is 1. The molecule has 0 spiro atoms. The summed E-state index contributed by atoms with van der Waals surface area (Å²) in [5, 5.41) is 11.1. The number of benzene rings is 2. The number of carbonyl (C=O) groups excluding carboxylic acids is 1. The molecule has 28 heavy (non-hydrogen) atoms. The first-order valence-electron chi connectivity index (χ1n) is 8.18. The molecule has 0 N–H and O–H groups in total. The lowest BCUT2D eigenvalue weighted by molar-refractivity contribution is -0.385. The van der Waals surface area contributed by atoms with Crippen LogP contribution in [-0.4, -0.2) is 15.5 Å². The van der Waals surface area contributed by atoms with Crippen molar-refractivity contribution < 1.29 is 18.8 Å². The van der Waals surface area contributed by atoms with Gasteiger partial charge in [-0.05, 0) is 55.3 Å². The third-order valence-corrected chi connectivity index (χ3v) is 4.90. The van der Waals surface area contributed by atoms with Crippen molar-refractivity contribution in [2.45, 2.75) is 20.4 Å². The van der Waals surface area contributed by atoms with E-state index < -0.39 is 23.3 Å². The molecule has 0 aliphatic carbocycles. The maximum atomic E-state index is 13.2. The zero-order chi connectivity index (χ0) is 20.4. The van der Waals surface area contributed by atoms with Gasteiger partial charge in [0.05, 0.1) is 10.6 Å². The highest BCUT2D eigenvalue weighted by molar-refractivity contribution is 7.09. The fourth-order valence-corrected chi connectivity index (χ4v) is 3.62. The van der Waals surface area contributed by atoms with Gasteiger partial charge >= 0.3 is 16.5 Å². The molecule has 0 amide bonds. The lowest BCUT2D eigenvalue weighted by Crippen LogP contribution is -2.24. The van der Waals surface area contributed by atoms with Gasteiger partial charge in [-0.3, -0.25) is 19.5 Å². The minimum Gasteiger partial charge on any atom is -0.418 e. The van der Waals surface area contributed by atoms with Crippen molar-refractivity contribution >= 4 is 23.0 Å². The van der Waals surface area contributed by atoms with E-state index >= 15 is 0 Å². The molecule has 0 saturated carbocycles. The third kappa shape index (κ3) is 3.99. The van der Waals surface area contributed by atoms with Crippen molar-refractivity contribution in [1.29, 1.82) is 0 Å². The van der Waals surface area contributed by atoms with Crippen molar-refractivity contribution in [2.75, 3.05) is 0 Å². The van der Waals surface area contributed by atoms with Gasteiger partial charge in [0.1, 0.15) is 12.4 Å². The average Bonchev–Trinajstić information content (AvgIpc) is 2.89. The van der Waals surface area contributed by atoms with E-state index in [9.17, 15) is 24.1 Å². The number of ether oxygens (including phenoxy) is 1. The fraction of sp³-hybridized carbons (Fsp3) is 0.158. The zero-order valence-electron chi connectivity index (χ0n) is 15.0. The van der Waals surface area contributed by atoms with E-state index in [1.165, 1.54) is 47.0 Å². The second kappa shape index (κ2) is 7.73. The highest BCUT2D eigenvalue weighted by atomic mass is 32.1. The smallest absolute Gasteiger partial charge is 0.331 e. The number of nitro benzene ring substituents is 1. The molecule has 9 heteroatoms. The molecule has 2 aromatic carbocycles. The Balaban J connectivity index is 1.92. The molecule has 0 bridgehead atoms. The molecule has 1 aromatic heterocycles. The Morgan fingerprint density at radius 2 is 1.89 bits per heavy atom. The average molecular weight is 402 g/mol. The number of nitrogens with zero attached hydrogens (tertiary/aromatic N) is 2. The van der Waals surface area contributed by atoms with Gasteiger partial charge in [-0.2, -0.15) is 0 Å². The van der Waals surface area contributed by atoms with Crippen molar-refractivity contribution in [3.8, 4) is 17.0 Å². The van der Waals surface area contributed by atoms with Gasteiger partial charge in [0.2, 0.25) is 5.75 Å². The van der Waals surface area contributed by atoms with Gasteiger partial charge in [-0.15, -0.1) is 0 Å². The van der Waals surface area contributed by atoms with Gasteiger partial charge < -0.3 is 4.74 Å². The van der Waals surface area contributed by atoms with Gasteiger partial charge in [0.15, 0.2) is 0 Å². The normalized spacial score (nSPS) is 10.7. The Hall–Kier alpha value is -3.33. The van der Waals surface area contributed by atoms with Crippen molar-refractivity contribution in [1.82, 2.24) is 4.57 Å². The first-order valence-corrected chi connectivity index (χ1v) is 9.00. The Bertz CT molecular complexity index is 1120. The largest absolute Gasteiger partial charge is 0.418 e. The molecule has 0 fully saturated rings. The van der Waals surface area contributed by atoms with Crippen LogP contribution in [0.1, 0.15) is 10.4 Å². The summed E-state index contributed by atoms with van der Waals surface area (Å²) in [6, 6.07) is 9.72. The summed E-state index contributed by atoms with van der Waals surface area (Å²) in [6.45, 7) is 3.00. The summed E-state index contributed by atoms with van der Waals surface area (Å²) in [5.74, 6) is -1.42. The summed E-state index contributed by atoms with van der Waals surface area (Å²) in [7, 11) is 0. The minimum absolute atomic E-state index is 0.182. The zero-order valence-corrected chi connectivity index (χ0v) is 15.8. The molecule has 0 atom stereocenters. The number of aromatic nitrogens is 1. The molecule has 0 radical (unpaired) electrons. The molecule has 3 aromatic rings. The number of halogens is 1. The van der Waals surface area contributed by atoms with Crippen LogP contribution in [-0.2, 0) is 11.3 Å². The lowest BCUT2D eigenvalue weighted by Gasteiger charge is -2.10. The van der Waals surface area contributed by atoms with Crippen LogP contribution in [0.3, 0.4) is 0 Å². The molecular formula is C19H15FN2O5S. The maximum absolute atomic E-state index is 13.2. The molecule has 144 valence electrons. The van der Waals surface area contributed by atoms with E-state index in [1.807, 2.05) is 0 Å². The van der Waals surface area contributed by atoms with Crippen LogP contribution in [0, 0.1) is 29.8 Å². The topological polar surface area (TPSA) is 91.4 Å². The lowest BCUT2D eigenvalue weighted by atomic mass is 10.1. The van der Waals surface area contributed by atoms with E-state index in [0.717, 1.165) is 11.3 Å². The number of thiazole rings is 1. The molecule has 0 saturated heterocycles. The number of hydrogen-bond donors (Lipinski definition) is 0. The Kier molecular flexibility index (Phi) is 5.36. The SMILES string of the molecule is Cc1ccc([N+](=O)[O-])c(OC(=O)Cn2c(-c3ccc(F)cc3)c(C)sc2=O)c1. The van der Waals surface area contributed by atoms with Crippen molar-refractivity contribution in [3.63, 3.8) is 0 Å². The maximum Gasteiger partial charge on any atom is 0.331 e. The molecule has 3 rings (SSSR count). The predicted molar refractivity (Wildman–Crippen MR) is 102 cm³/mol. The number of hydrogen-bond acceptors (Lipinski definition) is 6. The van der Waals surface area contributed by atoms with Gasteiger partial charge in [0.25, 0.3) is 0 Å². The summed E-state index contributed by atoms with van der Waals surface area (Å²) in [5.41, 5.74) is 1.40. The number of carbonyl (C=O) groups is 1. The minimum atomic E-state index is -0.822. The Morgan fingerprint density at radius 3 is 2.54 bits per heavy atom. The van der Waals surface area contributed by atoms with E-state index in [-0.39, 0.29) is 16.3 Å². The Labute approximate surface area is 162 Å². The van der Waals surface area contributed by atoms with Gasteiger partial charge in [-0.1, -0.05) is 17.4 Å². The highest BCUT2D eigenvalue weighted by Gasteiger charge is 2.21. The van der Waals surface area contributed by atoms with Gasteiger partial charge in [0, 0.05) is 10.9 Å². The van der Waals surface area contributed by atoms with E-state index in [0.29, 0.717) is 21.7 Å². The summed E-state index contributed by atoms with van der Waals surface area (Å²) in [6.07, 6.45) is 0. The molecule has 0 aliphatic rings. The Morgan fingerprint density at radius 1 is 1.21 bits per heavy atom. The fourth-order valence-electron chi connectivity index (χ4n) is 2.76. The number of esters is 1. The molecule has 0 aliphatic heterocycles. The quantitative estimate of drug-likeness (QED) is 0.280. The van der Waals surface area contributed by atoms with E-state index in [4.69, 9.17) is 4.74 Å². The van der Waals surface area contributed by atoms with Crippen LogP contribution in [0.25, 0.3) is 11.3 Å². The van der Waals surface area contributed by atoms with Crippen LogP contribution in [0.4, 0.5) is 10.1 Å². The monoisotopic (exact) mass is 402 g/mol. The predicted octanol–water partition coefficient (Wildman–Crippen LogP) is 3.85. The van der Waals surface area contributed by atoms with Crippen molar-refractivity contribution in [2.24, 2.45) is 0 Å². The first-order chi connectivity index (χ1) is 13.3. The molecule has 1 heterocycles. The van der Waals surface area contributed by atoms with Crippen LogP contribution in [0.15, 0.2) is 47.3 Å². The van der Waals surface area contributed by atoms with E-state index in [1.54, 1.807) is 13.8 Å². The van der Waals surface area contributed by atoms with E-state index in [2.05, 4.69) is 0 Å². The standard InChI is InChI=1S/C19H15FN2O5S/c1-11-3-8-15(22(25)26)16(9-11)27-17(23)10-21-18(12(2)28-19(21)24)13-4-6-14(20)7-5-13/h3-9H,10H2,1-2H3. The van der Waals surface area contributed by atoms with Crippen LogP contribution in [0.5, 0.6) is 5.75 Å². The molecule has 0 unspecified atom stereocenters. The molecule has 7 nitrogen and oxygen atoms in total. The van der Waals surface area contributed by atoms with Gasteiger partial charge in [-0.25, -0.2) is 9.18 Å². The second-order valence-corrected chi connectivity index (χ2v) is 7.23. The van der Waals surface area contributed by atoms with Crippen LogP contribution in [0.2, 0.25) is 0 Å². The summed E-state index contributed by atoms with van der Waals surface area (Å²) >= 11 is 0.951. The molecular weight excluding hydrogens is 387 g/mol. The number of rotatable bonds is 5. The summed E-state index contributed by atoms with van der Waals surface area (Å²) < 4.78 is 19.6. The summed E-state index contributed by atoms with van der Waals surface area (Å²) in [4.78, 5) is 35.5. The number of aryl methyl sites for hydroxylation is 2. The van der Waals surface area contributed by atoms with Crippen LogP contribution >= 0.6 is 11.3 Å². The highest BCUT2D eigenvalue weighted by Crippen LogP contribution is 2.29.